The van der Waals surface area contributed by atoms with E-state index in [-0.39, 0.29) is 29.9 Å². The van der Waals surface area contributed by atoms with Crippen LogP contribution in [0.3, 0.4) is 0 Å². The third-order valence-electron chi connectivity index (χ3n) is 3.68. The maximum atomic E-state index is 12.1. The fourth-order valence-electron chi connectivity index (χ4n) is 2.40. The Kier molecular flexibility index (Phi) is 5.29. The first-order chi connectivity index (χ1) is 10.5. The van der Waals surface area contributed by atoms with Gasteiger partial charge in [-0.2, -0.15) is 0 Å². The van der Waals surface area contributed by atoms with Crippen molar-refractivity contribution in [1.82, 2.24) is 4.90 Å². The number of carbonyl (C=O) groups excluding carboxylic acids is 1. The minimum absolute atomic E-state index is 0.171. The Morgan fingerprint density at radius 2 is 2.18 bits per heavy atom. The Morgan fingerprint density at radius 1 is 1.50 bits per heavy atom. The van der Waals surface area contributed by atoms with E-state index >= 15 is 0 Å². The van der Waals surface area contributed by atoms with Gasteiger partial charge in [-0.05, 0) is 25.0 Å². The highest BCUT2D eigenvalue weighted by Gasteiger charge is 2.21. The minimum atomic E-state index is -0.544. The smallest absolute Gasteiger partial charge is 0.296 e. The van der Waals surface area contributed by atoms with Gasteiger partial charge < -0.3 is 15.8 Å². The zero-order valence-corrected chi connectivity index (χ0v) is 12.4. The first kappa shape index (κ1) is 16.2. The van der Waals surface area contributed by atoms with E-state index in [1.807, 2.05) is 4.90 Å². The van der Waals surface area contributed by atoms with Crippen LogP contribution in [0.1, 0.15) is 12.8 Å². The number of piperidine rings is 1. The molecule has 0 aliphatic carbocycles. The number of likely N-dealkylation sites (tertiary alicyclic amines) is 1. The van der Waals surface area contributed by atoms with Crippen molar-refractivity contribution in [2.75, 3.05) is 32.1 Å². The minimum Gasteiger partial charge on any atom is -0.496 e. The molecule has 22 heavy (non-hydrogen) atoms. The molecule has 0 saturated carbocycles. The van der Waals surface area contributed by atoms with Gasteiger partial charge in [0, 0.05) is 19.1 Å². The third kappa shape index (κ3) is 4.15. The van der Waals surface area contributed by atoms with Crippen LogP contribution in [0.25, 0.3) is 0 Å². The second kappa shape index (κ2) is 7.19. The van der Waals surface area contributed by atoms with Gasteiger partial charge in [-0.15, -0.1) is 0 Å². The Labute approximate surface area is 128 Å². The third-order valence-corrected chi connectivity index (χ3v) is 3.68. The lowest BCUT2D eigenvalue weighted by atomic mass is 10.1. The number of hydrogen-bond acceptors (Lipinski definition) is 6. The molecule has 8 heteroatoms. The molecular formula is C14H20N4O4. The Bertz CT molecular complexity index is 556. The lowest BCUT2D eigenvalue weighted by Gasteiger charge is -2.29. The van der Waals surface area contributed by atoms with Crippen LogP contribution >= 0.6 is 0 Å². The molecule has 1 aliphatic heterocycles. The van der Waals surface area contributed by atoms with E-state index in [2.05, 4.69) is 5.32 Å². The van der Waals surface area contributed by atoms with Gasteiger partial charge in [0.05, 0.1) is 24.6 Å². The highest BCUT2D eigenvalue weighted by molar-refractivity contribution is 5.94. The number of nitrogens with zero attached hydrogens (tertiary/aromatic N) is 2. The molecule has 0 unspecified atom stereocenters. The SMILES string of the molecule is COc1ccc(NC(=O)CN2CCC(N)CC2)c([N+](=O)[O-])c1. The standard InChI is InChI=1S/C14H20N4O4/c1-22-11-2-3-12(13(8-11)18(20)21)16-14(19)9-17-6-4-10(15)5-7-17/h2-3,8,10H,4-7,9,15H2,1H3,(H,16,19). The Hall–Kier alpha value is -2.19. The van der Waals surface area contributed by atoms with Crippen molar-refractivity contribution in [3.8, 4) is 5.75 Å². The van der Waals surface area contributed by atoms with Gasteiger partial charge in [0.25, 0.3) is 5.69 Å². The van der Waals surface area contributed by atoms with E-state index in [1.165, 1.54) is 19.2 Å². The summed E-state index contributed by atoms with van der Waals surface area (Å²) in [5.41, 5.74) is 5.80. The molecular weight excluding hydrogens is 288 g/mol. The van der Waals surface area contributed by atoms with Gasteiger partial charge in [0.15, 0.2) is 0 Å². The molecule has 8 nitrogen and oxygen atoms in total. The van der Waals surface area contributed by atoms with E-state index in [0.29, 0.717) is 5.75 Å². The molecule has 1 aromatic rings. The van der Waals surface area contributed by atoms with Crippen molar-refractivity contribution < 1.29 is 14.5 Å². The molecule has 1 saturated heterocycles. The zero-order valence-electron chi connectivity index (χ0n) is 12.4. The maximum absolute atomic E-state index is 12.1. The molecule has 1 aliphatic rings. The van der Waals surface area contributed by atoms with Crippen LogP contribution in [0.2, 0.25) is 0 Å². The molecule has 1 amide bonds. The molecule has 0 spiro atoms. The summed E-state index contributed by atoms with van der Waals surface area (Å²) < 4.78 is 4.96. The summed E-state index contributed by atoms with van der Waals surface area (Å²) in [5, 5.41) is 13.7. The summed E-state index contributed by atoms with van der Waals surface area (Å²) in [6, 6.07) is 4.53. The predicted octanol–water partition coefficient (Wildman–Crippen LogP) is 0.965. The molecule has 0 bridgehead atoms. The van der Waals surface area contributed by atoms with Crippen LogP contribution < -0.4 is 15.8 Å². The number of carbonyl (C=O) groups is 1. The molecule has 0 atom stereocenters. The molecule has 3 N–H and O–H groups in total. The van der Waals surface area contributed by atoms with Crippen LogP contribution in [0.5, 0.6) is 5.75 Å². The van der Waals surface area contributed by atoms with E-state index in [1.54, 1.807) is 6.07 Å². The molecule has 1 fully saturated rings. The van der Waals surface area contributed by atoms with Crippen LogP contribution in [0.15, 0.2) is 18.2 Å². The van der Waals surface area contributed by atoms with Gasteiger partial charge in [-0.3, -0.25) is 19.8 Å². The molecule has 0 radical (unpaired) electrons. The number of nitrogens with two attached hydrogens (primary N) is 1. The first-order valence-electron chi connectivity index (χ1n) is 7.10. The van der Waals surface area contributed by atoms with Crippen molar-refractivity contribution in [3.05, 3.63) is 28.3 Å². The van der Waals surface area contributed by atoms with Crippen molar-refractivity contribution in [3.63, 3.8) is 0 Å². The van der Waals surface area contributed by atoms with Crippen LogP contribution in [-0.4, -0.2) is 48.5 Å². The second-order valence-corrected chi connectivity index (χ2v) is 5.30. The van der Waals surface area contributed by atoms with Crippen molar-refractivity contribution in [1.29, 1.82) is 0 Å². The number of benzene rings is 1. The molecule has 1 aromatic carbocycles. The average Bonchev–Trinajstić information content (AvgIpc) is 2.49. The normalized spacial score (nSPS) is 16.3. The fourth-order valence-corrected chi connectivity index (χ4v) is 2.40. The summed E-state index contributed by atoms with van der Waals surface area (Å²) in [4.78, 5) is 24.6. The molecule has 1 heterocycles. The molecule has 0 aromatic heterocycles. The summed E-state index contributed by atoms with van der Waals surface area (Å²) in [6.07, 6.45) is 1.71. The molecule has 120 valence electrons. The van der Waals surface area contributed by atoms with Crippen LogP contribution in [0, 0.1) is 10.1 Å². The van der Waals surface area contributed by atoms with Crippen molar-refractivity contribution in [2.45, 2.75) is 18.9 Å². The van der Waals surface area contributed by atoms with E-state index in [9.17, 15) is 14.9 Å². The number of nitrogens with one attached hydrogen (secondary N) is 1. The average molecular weight is 308 g/mol. The van der Waals surface area contributed by atoms with E-state index in [0.717, 1.165) is 25.9 Å². The summed E-state index contributed by atoms with van der Waals surface area (Å²) in [7, 11) is 1.43. The van der Waals surface area contributed by atoms with E-state index in [4.69, 9.17) is 10.5 Å². The van der Waals surface area contributed by atoms with E-state index < -0.39 is 4.92 Å². The summed E-state index contributed by atoms with van der Waals surface area (Å²) in [5.74, 6) is 0.0958. The lowest BCUT2D eigenvalue weighted by molar-refractivity contribution is -0.384. The van der Waals surface area contributed by atoms with Gasteiger partial charge in [-0.25, -0.2) is 0 Å². The number of anilines is 1. The number of hydrogen-bond donors (Lipinski definition) is 2. The summed E-state index contributed by atoms with van der Waals surface area (Å²) in [6.45, 7) is 1.73. The number of rotatable bonds is 5. The second-order valence-electron chi connectivity index (χ2n) is 5.30. The number of methoxy groups -OCH3 is 1. The van der Waals surface area contributed by atoms with Crippen molar-refractivity contribution in [2.24, 2.45) is 5.73 Å². The maximum Gasteiger partial charge on any atom is 0.296 e. The fraction of sp³-hybridized carbons (Fsp3) is 0.500. The number of ether oxygens (including phenoxy) is 1. The highest BCUT2D eigenvalue weighted by Crippen LogP contribution is 2.28. The Morgan fingerprint density at radius 3 is 2.77 bits per heavy atom. The number of nitro benzene ring substituents is 1. The monoisotopic (exact) mass is 308 g/mol. The van der Waals surface area contributed by atoms with Gasteiger partial charge in [-0.1, -0.05) is 0 Å². The van der Waals surface area contributed by atoms with Crippen LogP contribution in [0.4, 0.5) is 11.4 Å². The number of amides is 1. The predicted molar refractivity (Wildman–Crippen MR) is 81.9 cm³/mol. The summed E-state index contributed by atoms with van der Waals surface area (Å²) >= 11 is 0. The largest absolute Gasteiger partial charge is 0.496 e. The van der Waals surface area contributed by atoms with Gasteiger partial charge >= 0.3 is 0 Å². The highest BCUT2D eigenvalue weighted by atomic mass is 16.6. The quantitative estimate of drug-likeness (QED) is 0.619. The van der Waals surface area contributed by atoms with Crippen molar-refractivity contribution >= 4 is 17.3 Å². The number of nitro groups is 1. The zero-order chi connectivity index (χ0) is 16.1. The van der Waals surface area contributed by atoms with Gasteiger partial charge in [0.1, 0.15) is 11.4 Å². The van der Waals surface area contributed by atoms with Crippen LogP contribution in [-0.2, 0) is 4.79 Å². The first-order valence-corrected chi connectivity index (χ1v) is 7.10. The molecule has 2 rings (SSSR count). The lowest BCUT2D eigenvalue weighted by Crippen LogP contribution is -2.43. The Balaban J connectivity index is 2.00. The topological polar surface area (TPSA) is 111 Å². The van der Waals surface area contributed by atoms with Gasteiger partial charge in [0.2, 0.25) is 5.91 Å².